The molecule has 0 aliphatic heterocycles. The van der Waals surface area contributed by atoms with E-state index in [1.54, 1.807) is 6.07 Å². The van der Waals surface area contributed by atoms with Gasteiger partial charge in [0.15, 0.2) is 0 Å². The molecule has 0 fully saturated rings. The van der Waals surface area contributed by atoms with Crippen molar-refractivity contribution in [3.05, 3.63) is 76.1 Å². The summed E-state index contributed by atoms with van der Waals surface area (Å²) in [4.78, 5) is 19.5. The lowest BCUT2D eigenvalue weighted by Crippen LogP contribution is -2.12. The van der Waals surface area contributed by atoms with Crippen LogP contribution in [0.5, 0.6) is 0 Å². The molecule has 0 saturated carbocycles. The smallest absolute Gasteiger partial charge is 0.258 e. The highest BCUT2D eigenvalue weighted by Gasteiger charge is 2.09. The summed E-state index contributed by atoms with van der Waals surface area (Å²) >= 11 is 0. The van der Waals surface area contributed by atoms with Crippen LogP contribution in [-0.4, -0.2) is 20.2 Å². The van der Waals surface area contributed by atoms with E-state index in [1.807, 2.05) is 18.2 Å². The molecule has 3 aromatic rings. The van der Waals surface area contributed by atoms with E-state index in [9.17, 15) is 4.79 Å². The Morgan fingerprint density at radius 2 is 2.08 bits per heavy atom. The number of aromatic nitrogens is 4. The van der Waals surface area contributed by atoms with Gasteiger partial charge in [0.1, 0.15) is 5.82 Å². The van der Waals surface area contributed by atoms with Gasteiger partial charge < -0.3 is 4.98 Å². The number of allylic oxidation sites excluding steroid dienone is 4. The second-order valence-electron chi connectivity index (χ2n) is 5.97. The van der Waals surface area contributed by atoms with Crippen molar-refractivity contribution in [2.75, 3.05) is 0 Å². The van der Waals surface area contributed by atoms with Crippen LogP contribution >= 0.6 is 0 Å². The Morgan fingerprint density at radius 3 is 2.96 bits per heavy atom. The van der Waals surface area contributed by atoms with Crippen LogP contribution < -0.4 is 5.56 Å². The maximum atomic E-state index is 12.1. The van der Waals surface area contributed by atoms with Crippen LogP contribution in [-0.2, 0) is 12.8 Å². The number of hydrogen-bond acceptors (Lipinski definition) is 3. The second-order valence-corrected chi connectivity index (χ2v) is 5.97. The molecule has 5 heteroatoms. The maximum absolute atomic E-state index is 12.1. The van der Waals surface area contributed by atoms with Gasteiger partial charge in [-0.2, -0.15) is 5.10 Å². The molecule has 120 valence electrons. The number of benzene rings is 1. The van der Waals surface area contributed by atoms with Gasteiger partial charge in [0.05, 0.1) is 16.6 Å². The first kappa shape index (κ1) is 14.6. The molecule has 4 rings (SSSR count). The number of aromatic amines is 2. The number of nitrogens with zero attached hydrogens (tertiary/aromatic N) is 2. The minimum Gasteiger partial charge on any atom is -0.310 e. The molecular formula is C19H18N4O. The van der Waals surface area contributed by atoms with Gasteiger partial charge in [-0.3, -0.25) is 9.89 Å². The SMILES string of the molecule is O=c1[nH]c(CCc2cc(C3=CC=CCC3)n[nH]2)nc2ccccc12. The summed E-state index contributed by atoms with van der Waals surface area (Å²) in [5, 5.41) is 8.12. The molecule has 1 aliphatic carbocycles. The topological polar surface area (TPSA) is 74.4 Å². The molecule has 0 atom stereocenters. The zero-order valence-electron chi connectivity index (χ0n) is 13.2. The van der Waals surface area contributed by atoms with E-state index >= 15 is 0 Å². The predicted octanol–water partition coefficient (Wildman–Crippen LogP) is 3.16. The zero-order valence-corrected chi connectivity index (χ0v) is 13.2. The van der Waals surface area contributed by atoms with Gasteiger partial charge in [-0.05, 0) is 43.0 Å². The Balaban J connectivity index is 1.51. The Hall–Kier alpha value is -2.95. The van der Waals surface area contributed by atoms with Crippen molar-refractivity contribution in [1.29, 1.82) is 0 Å². The van der Waals surface area contributed by atoms with Crippen LogP contribution in [0.2, 0.25) is 0 Å². The van der Waals surface area contributed by atoms with Gasteiger partial charge in [-0.15, -0.1) is 0 Å². The largest absolute Gasteiger partial charge is 0.310 e. The molecule has 1 aliphatic rings. The van der Waals surface area contributed by atoms with E-state index in [0.29, 0.717) is 17.6 Å². The van der Waals surface area contributed by atoms with E-state index in [4.69, 9.17) is 0 Å². The average molecular weight is 318 g/mol. The summed E-state index contributed by atoms with van der Waals surface area (Å²) in [5.74, 6) is 0.703. The highest BCUT2D eigenvalue weighted by Crippen LogP contribution is 2.22. The normalized spacial score (nSPS) is 14.1. The molecule has 5 nitrogen and oxygen atoms in total. The molecule has 0 radical (unpaired) electrons. The number of nitrogens with one attached hydrogen (secondary N) is 2. The number of aryl methyl sites for hydroxylation is 2. The number of hydrogen-bond donors (Lipinski definition) is 2. The third kappa shape index (κ3) is 2.93. The molecule has 24 heavy (non-hydrogen) atoms. The molecule has 2 N–H and O–H groups in total. The van der Waals surface area contributed by atoms with Gasteiger partial charge in [0.2, 0.25) is 0 Å². The maximum Gasteiger partial charge on any atom is 0.258 e. The Bertz CT molecular complexity index is 994. The van der Waals surface area contributed by atoms with Crippen molar-refractivity contribution in [3.8, 4) is 0 Å². The van der Waals surface area contributed by atoms with Crippen LogP contribution in [0.4, 0.5) is 0 Å². The second kappa shape index (κ2) is 6.28. The van der Waals surface area contributed by atoms with Crippen LogP contribution in [0.25, 0.3) is 16.5 Å². The van der Waals surface area contributed by atoms with Gasteiger partial charge in [-0.1, -0.05) is 30.4 Å². The van der Waals surface area contributed by atoms with Crippen molar-refractivity contribution < 1.29 is 0 Å². The first-order chi connectivity index (χ1) is 11.8. The predicted molar refractivity (Wildman–Crippen MR) is 94.7 cm³/mol. The Labute approximate surface area is 139 Å². The van der Waals surface area contributed by atoms with E-state index in [-0.39, 0.29) is 5.56 Å². The van der Waals surface area contributed by atoms with E-state index in [0.717, 1.165) is 36.2 Å². The summed E-state index contributed by atoms with van der Waals surface area (Å²) in [6, 6.07) is 9.49. The molecule has 0 unspecified atom stereocenters. The minimum absolute atomic E-state index is 0.0833. The molecule has 0 bridgehead atoms. The number of para-hydroxylation sites is 1. The number of rotatable bonds is 4. The summed E-state index contributed by atoms with van der Waals surface area (Å²) in [6.45, 7) is 0. The first-order valence-corrected chi connectivity index (χ1v) is 8.18. The summed E-state index contributed by atoms with van der Waals surface area (Å²) in [6.07, 6.45) is 9.89. The molecule has 2 heterocycles. The van der Waals surface area contributed by atoms with Crippen LogP contribution in [0, 0.1) is 0 Å². The lowest BCUT2D eigenvalue weighted by Gasteiger charge is -2.04. The fourth-order valence-electron chi connectivity index (χ4n) is 2.98. The van der Waals surface area contributed by atoms with E-state index < -0.39 is 0 Å². The van der Waals surface area contributed by atoms with Gasteiger partial charge in [0.25, 0.3) is 5.56 Å². The quantitative estimate of drug-likeness (QED) is 0.776. The van der Waals surface area contributed by atoms with Crippen molar-refractivity contribution in [2.45, 2.75) is 25.7 Å². The fraction of sp³-hybridized carbons (Fsp3) is 0.211. The molecule has 0 saturated heterocycles. The summed E-state index contributed by atoms with van der Waals surface area (Å²) in [5.41, 5.74) is 3.98. The van der Waals surface area contributed by atoms with Crippen LogP contribution in [0.3, 0.4) is 0 Å². The lowest BCUT2D eigenvalue weighted by atomic mass is 10.0. The fourth-order valence-corrected chi connectivity index (χ4v) is 2.98. The van der Waals surface area contributed by atoms with Crippen molar-refractivity contribution in [1.82, 2.24) is 20.2 Å². The minimum atomic E-state index is -0.0833. The average Bonchev–Trinajstić information content (AvgIpc) is 3.10. The lowest BCUT2D eigenvalue weighted by molar-refractivity contribution is 0.829. The monoisotopic (exact) mass is 318 g/mol. The van der Waals surface area contributed by atoms with Crippen molar-refractivity contribution in [3.63, 3.8) is 0 Å². The molecule has 1 aromatic carbocycles. The van der Waals surface area contributed by atoms with Crippen LogP contribution in [0.1, 0.15) is 30.1 Å². The third-order valence-electron chi connectivity index (χ3n) is 4.27. The molecule has 0 spiro atoms. The summed E-state index contributed by atoms with van der Waals surface area (Å²) < 4.78 is 0. The van der Waals surface area contributed by atoms with Gasteiger partial charge in [-0.25, -0.2) is 4.98 Å². The van der Waals surface area contributed by atoms with E-state index in [1.165, 1.54) is 5.57 Å². The molecular weight excluding hydrogens is 300 g/mol. The first-order valence-electron chi connectivity index (χ1n) is 8.18. The standard InChI is InChI=1S/C19H18N4O/c24-19-15-8-4-5-9-16(15)20-18(21-19)11-10-14-12-17(23-22-14)13-6-2-1-3-7-13/h1-2,4-6,8-9,12H,3,7,10-11H2,(H,22,23)(H,20,21,24). The van der Waals surface area contributed by atoms with Gasteiger partial charge >= 0.3 is 0 Å². The number of H-pyrrole nitrogens is 2. The highest BCUT2D eigenvalue weighted by molar-refractivity contribution is 5.77. The third-order valence-corrected chi connectivity index (χ3v) is 4.27. The van der Waals surface area contributed by atoms with Crippen molar-refractivity contribution in [2.24, 2.45) is 0 Å². The Kier molecular flexibility index (Phi) is 3.83. The zero-order chi connectivity index (χ0) is 16.4. The molecule has 0 amide bonds. The Morgan fingerprint density at radius 1 is 1.17 bits per heavy atom. The summed E-state index contributed by atoms with van der Waals surface area (Å²) in [7, 11) is 0. The molecule has 2 aromatic heterocycles. The van der Waals surface area contributed by atoms with Gasteiger partial charge in [0, 0.05) is 12.1 Å². The van der Waals surface area contributed by atoms with Crippen molar-refractivity contribution >= 4 is 16.5 Å². The van der Waals surface area contributed by atoms with E-state index in [2.05, 4.69) is 44.5 Å². The number of fused-ring (bicyclic) bond motifs is 1. The highest BCUT2D eigenvalue weighted by atomic mass is 16.1. The van der Waals surface area contributed by atoms with Crippen LogP contribution in [0.15, 0.2) is 53.4 Å².